The van der Waals surface area contributed by atoms with E-state index in [1.54, 1.807) is 19.1 Å². The SMILES string of the molecule is CCS(=O)(=O)CCNC(=O)c1ccc(-c2ccc(C)c(Cl)c2)cc1. The van der Waals surface area contributed by atoms with Gasteiger partial charge < -0.3 is 5.32 Å². The van der Waals surface area contributed by atoms with Crippen molar-refractivity contribution in [1.29, 1.82) is 0 Å². The van der Waals surface area contributed by atoms with Gasteiger partial charge in [-0.05, 0) is 41.8 Å². The Hall–Kier alpha value is -1.85. The zero-order valence-corrected chi connectivity index (χ0v) is 15.2. The molecule has 0 spiro atoms. The maximum atomic E-state index is 12.0. The molecule has 0 unspecified atom stereocenters. The smallest absolute Gasteiger partial charge is 0.251 e. The van der Waals surface area contributed by atoms with E-state index < -0.39 is 9.84 Å². The molecule has 0 atom stereocenters. The summed E-state index contributed by atoms with van der Waals surface area (Å²) < 4.78 is 22.8. The maximum absolute atomic E-state index is 12.0. The minimum Gasteiger partial charge on any atom is -0.351 e. The van der Waals surface area contributed by atoms with Gasteiger partial charge in [0, 0.05) is 22.9 Å². The van der Waals surface area contributed by atoms with E-state index in [0.29, 0.717) is 10.6 Å². The molecule has 1 N–H and O–H groups in total. The number of sulfone groups is 1. The van der Waals surface area contributed by atoms with Crippen molar-refractivity contribution < 1.29 is 13.2 Å². The minimum atomic E-state index is -3.07. The minimum absolute atomic E-state index is 0.0464. The Balaban J connectivity index is 2.03. The molecule has 0 saturated carbocycles. The van der Waals surface area contributed by atoms with Crippen LogP contribution in [0.1, 0.15) is 22.8 Å². The Morgan fingerprint density at radius 2 is 1.71 bits per heavy atom. The summed E-state index contributed by atoms with van der Waals surface area (Å²) in [5, 5.41) is 3.33. The Morgan fingerprint density at radius 1 is 1.08 bits per heavy atom. The molecule has 2 aromatic rings. The predicted molar refractivity (Wildman–Crippen MR) is 98.3 cm³/mol. The Labute approximate surface area is 147 Å². The molecule has 2 aromatic carbocycles. The van der Waals surface area contributed by atoms with Crippen molar-refractivity contribution in [2.45, 2.75) is 13.8 Å². The molecule has 128 valence electrons. The van der Waals surface area contributed by atoms with Gasteiger partial charge >= 0.3 is 0 Å². The van der Waals surface area contributed by atoms with Crippen LogP contribution in [-0.4, -0.2) is 32.4 Å². The molecule has 0 radical (unpaired) electrons. The number of hydrogen-bond acceptors (Lipinski definition) is 3. The highest BCUT2D eigenvalue weighted by Gasteiger charge is 2.10. The molecule has 0 aromatic heterocycles. The summed E-state index contributed by atoms with van der Waals surface area (Å²) in [4.78, 5) is 12.0. The van der Waals surface area contributed by atoms with Crippen LogP contribution in [0.25, 0.3) is 11.1 Å². The first kappa shape index (κ1) is 18.5. The normalized spacial score (nSPS) is 11.3. The van der Waals surface area contributed by atoms with E-state index in [4.69, 9.17) is 11.6 Å². The molecule has 0 aliphatic rings. The number of halogens is 1. The topological polar surface area (TPSA) is 63.2 Å². The largest absolute Gasteiger partial charge is 0.351 e. The number of rotatable bonds is 6. The van der Waals surface area contributed by atoms with E-state index in [9.17, 15) is 13.2 Å². The molecule has 2 rings (SSSR count). The molecule has 0 heterocycles. The first-order chi connectivity index (χ1) is 11.3. The Bertz CT molecular complexity index is 830. The van der Waals surface area contributed by atoms with Gasteiger partial charge in [0.15, 0.2) is 9.84 Å². The van der Waals surface area contributed by atoms with Crippen LogP contribution in [-0.2, 0) is 9.84 Å². The number of nitrogens with one attached hydrogen (secondary N) is 1. The lowest BCUT2D eigenvalue weighted by molar-refractivity contribution is 0.0956. The van der Waals surface area contributed by atoms with Crippen LogP contribution in [0.3, 0.4) is 0 Å². The van der Waals surface area contributed by atoms with Crippen LogP contribution < -0.4 is 5.32 Å². The van der Waals surface area contributed by atoms with Crippen molar-refractivity contribution in [3.63, 3.8) is 0 Å². The van der Waals surface area contributed by atoms with Gasteiger partial charge in [0.25, 0.3) is 5.91 Å². The number of benzene rings is 2. The summed E-state index contributed by atoms with van der Waals surface area (Å²) in [5.74, 6) is -0.249. The lowest BCUT2D eigenvalue weighted by atomic mass is 10.0. The van der Waals surface area contributed by atoms with Crippen LogP contribution in [0.15, 0.2) is 42.5 Å². The van der Waals surface area contributed by atoms with Crippen LogP contribution in [0.5, 0.6) is 0 Å². The monoisotopic (exact) mass is 365 g/mol. The second kappa shape index (κ2) is 7.81. The zero-order valence-electron chi connectivity index (χ0n) is 13.7. The first-order valence-electron chi connectivity index (χ1n) is 7.67. The fourth-order valence-corrected chi connectivity index (χ4v) is 3.04. The molecule has 24 heavy (non-hydrogen) atoms. The predicted octanol–water partition coefficient (Wildman–Crippen LogP) is 3.48. The van der Waals surface area contributed by atoms with Gasteiger partial charge in [-0.1, -0.05) is 42.8 Å². The maximum Gasteiger partial charge on any atom is 0.251 e. The van der Waals surface area contributed by atoms with E-state index >= 15 is 0 Å². The van der Waals surface area contributed by atoms with Gasteiger partial charge in [-0.25, -0.2) is 8.42 Å². The van der Waals surface area contributed by atoms with Gasteiger partial charge in [-0.3, -0.25) is 4.79 Å². The molecule has 1 amide bonds. The molecule has 0 saturated heterocycles. The highest BCUT2D eigenvalue weighted by molar-refractivity contribution is 7.91. The van der Waals surface area contributed by atoms with Crippen LogP contribution in [0.2, 0.25) is 5.02 Å². The second-order valence-corrected chi connectivity index (χ2v) is 8.41. The first-order valence-corrected chi connectivity index (χ1v) is 9.87. The average Bonchev–Trinajstić information content (AvgIpc) is 2.57. The fraction of sp³-hybridized carbons (Fsp3) is 0.278. The number of carbonyl (C=O) groups excluding carboxylic acids is 1. The van der Waals surface area contributed by atoms with E-state index in [-0.39, 0.29) is 24.0 Å². The van der Waals surface area contributed by atoms with Gasteiger partial charge in [0.2, 0.25) is 0 Å². The Kier molecular flexibility index (Phi) is 6.02. The third-order valence-corrected chi connectivity index (χ3v) is 5.90. The summed E-state index contributed by atoms with van der Waals surface area (Å²) in [6, 6.07) is 12.9. The fourth-order valence-electron chi connectivity index (χ4n) is 2.15. The van der Waals surface area contributed by atoms with Gasteiger partial charge in [-0.2, -0.15) is 0 Å². The molecule has 0 bridgehead atoms. The molecule has 0 aliphatic heterocycles. The number of amides is 1. The van der Waals surface area contributed by atoms with Crippen molar-refractivity contribution >= 4 is 27.3 Å². The van der Waals surface area contributed by atoms with Crippen molar-refractivity contribution in [2.24, 2.45) is 0 Å². The summed E-state index contributed by atoms with van der Waals surface area (Å²) in [7, 11) is -3.07. The third kappa shape index (κ3) is 4.82. The van der Waals surface area contributed by atoms with E-state index in [1.165, 1.54) is 0 Å². The molecule has 0 fully saturated rings. The quantitative estimate of drug-likeness (QED) is 0.852. The van der Waals surface area contributed by atoms with Crippen LogP contribution in [0.4, 0.5) is 0 Å². The highest BCUT2D eigenvalue weighted by Crippen LogP contribution is 2.25. The van der Waals surface area contributed by atoms with Crippen molar-refractivity contribution in [2.75, 3.05) is 18.1 Å². The van der Waals surface area contributed by atoms with Crippen molar-refractivity contribution in [1.82, 2.24) is 5.32 Å². The lowest BCUT2D eigenvalue weighted by Gasteiger charge is -2.07. The number of carbonyl (C=O) groups is 1. The highest BCUT2D eigenvalue weighted by atomic mass is 35.5. The van der Waals surface area contributed by atoms with E-state index in [1.807, 2.05) is 37.3 Å². The summed E-state index contributed by atoms with van der Waals surface area (Å²) >= 11 is 6.14. The standard InChI is InChI=1S/C18H20ClNO3S/c1-3-24(22,23)11-10-20-18(21)15-8-6-14(7-9-15)16-5-4-13(2)17(19)12-16/h4-9,12H,3,10-11H2,1-2H3,(H,20,21). The van der Waals surface area contributed by atoms with Crippen LogP contribution >= 0.6 is 11.6 Å². The van der Waals surface area contributed by atoms with E-state index in [2.05, 4.69) is 5.32 Å². The molecule has 0 aliphatic carbocycles. The molecule has 4 nitrogen and oxygen atoms in total. The van der Waals surface area contributed by atoms with Crippen molar-refractivity contribution in [3.8, 4) is 11.1 Å². The van der Waals surface area contributed by atoms with Crippen LogP contribution in [0, 0.1) is 6.92 Å². The molecular formula is C18H20ClNO3S. The van der Waals surface area contributed by atoms with Crippen molar-refractivity contribution in [3.05, 3.63) is 58.6 Å². The van der Waals surface area contributed by atoms with Gasteiger partial charge in [0.05, 0.1) is 5.75 Å². The summed E-state index contributed by atoms with van der Waals surface area (Å²) in [6.07, 6.45) is 0. The number of aryl methyl sites for hydroxylation is 1. The summed E-state index contributed by atoms with van der Waals surface area (Å²) in [6.45, 7) is 3.65. The second-order valence-electron chi connectivity index (χ2n) is 5.53. The van der Waals surface area contributed by atoms with E-state index in [0.717, 1.165) is 16.7 Å². The zero-order chi connectivity index (χ0) is 17.7. The lowest BCUT2D eigenvalue weighted by Crippen LogP contribution is -2.29. The van der Waals surface area contributed by atoms with Gasteiger partial charge in [-0.15, -0.1) is 0 Å². The third-order valence-electron chi connectivity index (χ3n) is 3.79. The number of hydrogen-bond donors (Lipinski definition) is 1. The van der Waals surface area contributed by atoms with Gasteiger partial charge in [0.1, 0.15) is 0 Å². The average molecular weight is 366 g/mol. The summed E-state index contributed by atoms with van der Waals surface area (Å²) in [5.41, 5.74) is 3.44. The molecule has 6 heteroatoms. The Morgan fingerprint density at radius 3 is 2.29 bits per heavy atom. The molecular weight excluding hydrogens is 346 g/mol.